The van der Waals surface area contributed by atoms with Crippen LogP contribution in [0.15, 0.2) is 30.7 Å². The molecule has 0 saturated carbocycles. The molecule has 0 aliphatic carbocycles. The van der Waals surface area contributed by atoms with Gasteiger partial charge in [0.05, 0.1) is 16.8 Å². The van der Waals surface area contributed by atoms with Crippen molar-refractivity contribution in [1.82, 2.24) is 19.9 Å². The first-order valence-corrected chi connectivity index (χ1v) is 9.07. The lowest BCUT2D eigenvalue weighted by Gasteiger charge is -2.28. The molecule has 8 heteroatoms. The first-order valence-electron chi connectivity index (χ1n) is 9.07. The van der Waals surface area contributed by atoms with E-state index < -0.39 is 0 Å². The molecule has 0 spiro atoms. The Morgan fingerprint density at radius 3 is 2.85 bits per heavy atom. The largest absolute Gasteiger partial charge is 0.362 e. The molecule has 1 aliphatic rings. The Kier molecular flexibility index (Phi) is 5.34. The second-order valence-electron chi connectivity index (χ2n) is 6.93. The van der Waals surface area contributed by atoms with E-state index in [0.29, 0.717) is 36.1 Å². The van der Waals surface area contributed by atoms with Crippen LogP contribution in [0.2, 0.25) is 0 Å². The molecule has 8 nitrogen and oxygen atoms in total. The smallest absolute Gasteiger partial charge is 0.262 e. The highest BCUT2D eigenvalue weighted by atomic mass is 16.2. The number of fused-ring (bicyclic) bond motifs is 1. The number of anilines is 3. The van der Waals surface area contributed by atoms with Crippen molar-refractivity contribution in [3.8, 4) is 0 Å². The van der Waals surface area contributed by atoms with E-state index in [1.165, 1.54) is 6.33 Å². The van der Waals surface area contributed by atoms with E-state index in [-0.39, 0.29) is 11.4 Å². The minimum atomic E-state index is -0.252. The fourth-order valence-electron chi connectivity index (χ4n) is 2.94. The maximum atomic E-state index is 12.9. The molecule has 3 rings (SSSR count). The molecule has 0 aromatic carbocycles. The van der Waals surface area contributed by atoms with E-state index in [1.807, 2.05) is 0 Å². The van der Waals surface area contributed by atoms with Crippen molar-refractivity contribution in [2.75, 3.05) is 29.1 Å². The first-order chi connectivity index (χ1) is 12.9. The summed E-state index contributed by atoms with van der Waals surface area (Å²) < 4.78 is 0. The van der Waals surface area contributed by atoms with Crippen LogP contribution in [0.4, 0.5) is 17.6 Å². The van der Waals surface area contributed by atoms with Gasteiger partial charge in [-0.1, -0.05) is 19.1 Å². The summed E-state index contributed by atoms with van der Waals surface area (Å²) in [6.45, 7) is 6.75. The van der Waals surface area contributed by atoms with Crippen LogP contribution in [0, 0.1) is 0 Å². The lowest BCUT2D eigenvalue weighted by atomic mass is 10.0. The van der Waals surface area contributed by atoms with Crippen molar-refractivity contribution in [3.05, 3.63) is 42.0 Å². The van der Waals surface area contributed by atoms with Crippen molar-refractivity contribution in [3.63, 3.8) is 0 Å². The molecule has 0 bridgehead atoms. The molecular formula is C19H25N7O. The predicted molar refractivity (Wildman–Crippen MR) is 106 cm³/mol. The van der Waals surface area contributed by atoms with Crippen LogP contribution in [0.1, 0.15) is 43.2 Å². The predicted octanol–water partition coefficient (Wildman–Crippen LogP) is 2.67. The Morgan fingerprint density at radius 1 is 1.30 bits per heavy atom. The number of allylic oxidation sites excluding steroid dienone is 1. The molecule has 142 valence electrons. The molecule has 1 amide bonds. The Morgan fingerprint density at radius 2 is 2.11 bits per heavy atom. The lowest BCUT2D eigenvalue weighted by molar-refractivity contribution is 0.0978. The van der Waals surface area contributed by atoms with Crippen molar-refractivity contribution in [1.29, 1.82) is 0 Å². The second-order valence-corrected chi connectivity index (χ2v) is 6.93. The number of carbonyl (C=O) groups is 1. The zero-order valence-corrected chi connectivity index (χ0v) is 16.2. The quantitative estimate of drug-likeness (QED) is 0.758. The fraction of sp³-hybridized carbons (Fsp3) is 0.421. The number of hydrogen-bond acceptors (Lipinski definition) is 7. The van der Waals surface area contributed by atoms with Gasteiger partial charge in [0, 0.05) is 32.3 Å². The van der Waals surface area contributed by atoms with Crippen LogP contribution < -0.4 is 15.5 Å². The number of nitrogens with zero attached hydrogens (tertiary/aromatic N) is 5. The van der Waals surface area contributed by atoms with Crippen LogP contribution in [-0.2, 0) is 6.42 Å². The first kappa shape index (κ1) is 18.8. The van der Waals surface area contributed by atoms with Crippen molar-refractivity contribution in [2.24, 2.45) is 0 Å². The Labute approximate surface area is 159 Å². The standard InChI is InChI=1S/C19H25N7O/c1-5-6-8-19(2,3)25-15-10-16(23-12-22-15)26-9-7-14-13(17(26)27)11-21-18(20-4)24-14/h6,8,10-12H,5,7,9H2,1-4H3,(H,20,21,24)(H,22,23,25)/b8-6-. The molecule has 0 fully saturated rings. The van der Waals surface area contributed by atoms with Gasteiger partial charge >= 0.3 is 0 Å². The van der Waals surface area contributed by atoms with Gasteiger partial charge in [-0.15, -0.1) is 0 Å². The maximum Gasteiger partial charge on any atom is 0.262 e. The van der Waals surface area contributed by atoms with E-state index in [2.05, 4.69) is 63.5 Å². The Hall–Kier alpha value is -3.03. The fourth-order valence-corrected chi connectivity index (χ4v) is 2.94. The normalized spacial score (nSPS) is 14.4. The van der Waals surface area contributed by atoms with Gasteiger partial charge in [-0.25, -0.2) is 19.9 Å². The maximum absolute atomic E-state index is 12.9. The van der Waals surface area contributed by atoms with E-state index in [9.17, 15) is 4.79 Å². The topological polar surface area (TPSA) is 95.9 Å². The summed E-state index contributed by atoms with van der Waals surface area (Å²) in [5.74, 6) is 1.61. The molecule has 0 atom stereocenters. The third kappa shape index (κ3) is 4.21. The molecule has 2 N–H and O–H groups in total. The summed E-state index contributed by atoms with van der Waals surface area (Å²) in [7, 11) is 1.76. The summed E-state index contributed by atoms with van der Waals surface area (Å²) in [6.07, 6.45) is 8.88. The number of rotatable bonds is 6. The van der Waals surface area contributed by atoms with Crippen LogP contribution in [0.3, 0.4) is 0 Å². The molecule has 2 aromatic rings. The number of hydrogen-bond donors (Lipinski definition) is 2. The van der Waals surface area contributed by atoms with Gasteiger partial charge in [-0.05, 0) is 20.3 Å². The summed E-state index contributed by atoms with van der Waals surface area (Å²) in [5.41, 5.74) is 1.02. The Balaban J connectivity index is 1.83. The average Bonchev–Trinajstić information content (AvgIpc) is 2.66. The molecule has 27 heavy (non-hydrogen) atoms. The highest BCUT2D eigenvalue weighted by molar-refractivity contribution is 6.07. The summed E-state index contributed by atoms with van der Waals surface area (Å²) >= 11 is 0. The van der Waals surface area contributed by atoms with Crippen LogP contribution in [0.5, 0.6) is 0 Å². The lowest BCUT2D eigenvalue weighted by Crippen LogP contribution is -2.39. The average molecular weight is 367 g/mol. The molecule has 0 radical (unpaired) electrons. The van der Waals surface area contributed by atoms with Crippen molar-refractivity contribution >= 4 is 23.5 Å². The highest BCUT2D eigenvalue weighted by Crippen LogP contribution is 2.24. The van der Waals surface area contributed by atoms with Gasteiger partial charge in [0.25, 0.3) is 5.91 Å². The SMILES string of the molecule is CC/C=C\C(C)(C)Nc1cc(N2CCc3nc(NC)ncc3C2=O)ncn1. The zero-order chi connectivity index (χ0) is 19.4. The zero-order valence-electron chi connectivity index (χ0n) is 16.2. The number of nitrogens with one attached hydrogen (secondary N) is 2. The highest BCUT2D eigenvalue weighted by Gasteiger charge is 2.28. The minimum absolute atomic E-state index is 0.145. The molecule has 0 saturated heterocycles. The Bertz CT molecular complexity index is 863. The van der Waals surface area contributed by atoms with Gasteiger partial charge in [0.1, 0.15) is 18.0 Å². The third-order valence-electron chi connectivity index (χ3n) is 4.29. The number of carbonyl (C=O) groups excluding carboxylic acids is 1. The summed E-state index contributed by atoms with van der Waals surface area (Å²) in [4.78, 5) is 31.7. The van der Waals surface area contributed by atoms with Gasteiger partial charge in [-0.3, -0.25) is 9.69 Å². The molecule has 3 heterocycles. The molecule has 0 unspecified atom stereocenters. The molecule has 1 aliphatic heterocycles. The monoisotopic (exact) mass is 367 g/mol. The third-order valence-corrected chi connectivity index (χ3v) is 4.29. The van der Waals surface area contributed by atoms with Crippen molar-refractivity contribution in [2.45, 2.75) is 39.2 Å². The van der Waals surface area contributed by atoms with Gasteiger partial charge in [0.2, 0.25) is 5.95 Å². The van der Waals surface area contributed by atoms with E-state index in [0.717, 1.165) is 12.1 Å². The summed E-state index contributed by atoms with van der Waals surface area (Å²) in [5, 5.41) is 6.27. The van der Waals surface area contributed by atoms with Gasteiger partial charge < -0.3 is 10.6 Å². The van der Waals surface area contributed by atoms with Crippen molar-refractivity contribution < 1.29 is 4.79 Å². The number of aromatic nitrogens is 4. The van der Waals surface area contributed by atoms with E-state index in [4.69, 9.17) is 0 Å². The second kappa shape index (κ2) is 7.69. The van der Waals surface area contributed by atoms with Gasteiger partial charge in [-0.2, -0.15) is 0 Å². The summed E-state index contributed by atoms with van der Waals surface area (Å²) in [6, 6.07) is 1.80. The van der Waals surface area contributed by atoms with E-state index in [1.54, 1.807) is 24.2 Å². The molecular weight excluding hydrogens is 342 g/mol. The number of amides is 1. The van der Waals surface area contributed by atoms with Crippen LogP contribution in [0.25, 0.3) is 0 Å². The molecule has 2 aromatic heterocycles. The van der Waals surface area contributed by atoms with Crippen LogP contribution >= 0.6 is 0 Å². The minimum Gasteiger partial charge on any atom is -0.362 e. The van der Waals surface area contributed by atoms with Crippen LogP contribution in [-0.4, -0.2) is 45.0 Å². The van der Waals surface area contributed by atoms with E-state index >= 15 is 0 Å². The van der Waals surface area contributed by atoms with Gasteiger partial charge in [0.15, 0.2) is 0 Å².